The van der Waals surface area contributed by atoms with Gasteiger partial charge in [-0.25, -0.2) is 0 Å². The summed E-state index contributed by atoms with van der Waals surface area (Å²) in [5, 5.41) is 0. The van der Waals surface area contributed by atoms with Gasteiger partial charge in [-0.2, -0.15) is 0 Å². The molecule has 1 heterocycles. The van der Waals surface area contributed by atoms with Crippen LogP contribution in [-0.2, 0) is 9.59 Å². The third-order valence-electron chi connectivity index (χ3n) is 2.97. The predicted octanol–water partition coefficient (Wildman–Crippen LogP) is 1.01. The molecule has 1 aromatic carbocycles. The Morgan fingerprint density at radius 3 is 2.69 bits per heavy atom. The van der Waals surface area contributed by atoms with Crippen LogP contribution in [0.5, 0.6) is 0 Å². The van der Waals surface area contributed by atoms with Crippen LogP contribution < -0.4 is 10.6 Å². The third-order valence-corrected chi connectivity index (χ3v) is 2.97. The van der Waals surface area contributed by atoms with Crippen LogP contribution in [0.1, 0.15) is 24.8 Å². The van der Waals surface area contributed by atoms with Gasteiger partial charge in [-0.1, -0.05) is 18.2 Å². The molecular formula is C12H14N2O2. The lowest BCUT2D eigenvalue weighted by atomic mass is 9.89. The van der Waals surface area contributed by atoms with E-state index >= 15 is 0 Å². The molecule has 0 radical (unpaired) electrons. The van der Waals surface area contributed by atoms with Crippen LogP contribution in [0.4, 0.5) is 5.69 Å². The van der Waals surface area contributed by atoms with Gasteiger partial charge in [0.25, 0.3) is 0 Å². The number of rotatable bonds is 1. The second kappa shape index (κ2) is 3.96. The second-order valence-corrected chi connectivity index (χ2v) is 3.97. The van der Waals surface area contributed by atoms with Crippen LogP contribution in [0.15, 0.2) is 24.3 Å². The fourth-order valence-corrected chi connectivity index (χ4v) is 2.18. The minimum Gasteiger partial charge on any atom is -0.369 e. The molecule has 2 N–H and O–H groups in total. The lowest BCUT2D eigenvalue weighted by Crippen LogP contribution is -2.38. The Hall–Kier alpha value is -1.84. The molecule has 2 amide bonds. The second-order valence-electron chi connectivity index (χ2n) is 3.97. The van der Waals surface area contributed by atoms with Gasteiger partial charge in [-0.3, -0.25) is 9.59 Å². The summed E-state index contributed by atoms with van der Waals surface area (Å²) in [4.78, 5) is 24.4. The molecule has 84 valence electrons. The van der Waals surface area contributed by atoms with Gasteiger partial charge in [0.15, 0.2) is 0 Å². The summed E-state index contributed by atoms with van der Waals surface area (Å²) >= 11 is 0. The van der Waals surface area contributed by atoms with Crippen LogP contribution in [0, 0.1) is 0 Å². The molecule has 4 nitrogen and oxygen atoms in total. The van der Waals surface area contributed by atoms with Crippen molar-refractivity contribution in [1.82, 2.24) is 0 Å². The van der Waals surface area contributed by atoms with E-state index in [1.165, 1.54) is 6.92 Å². The van der Waals surface area contributed by atoms with Gasteiger partial charge in [0, 0.05) is 19.2 Å². The number of nitrogens with two attached hydrogens (primary N) is 1. The van der Waals surface area contributed by atoms with E-state index in [2.05, 4.69) is 0 Å². The summed E-state index contributed by atoms with van der Waals surface area (Å²) in [6.07, 6.45) is 0.603. The van der Waals surface area contributed by atoms with Gasteiger partial charge in [-0.05, 0) is 18.1 Å². The minimum absolute atomic E-state index is 0.00429. The number of carbonyl (C=O) groups is 2. The standard InChI is InChI=1S/C12H14N2O2/c1-8(15)14-7-6-10(12(13)16)9-4-2-3-5-11(9)14/h2-5,10H,6-7H2,1H3,(H2,13,16). The zero-order chi connectivity index (χ0) is 11.7. The Bertz CT molecular complexity index is 401. The lowest BCUT2D eigenvalue weighted by Gasteiger charge is -2.32. The number of para-hydroxylation sites is 1. The van der Waals surface area contributed by atoms with E-state index in [4.69, 9.17) is 5.73 Å². The first kappa shape index (κ1) is 10.7. The molecule has 0 bridgehead atoms. The van der Waals surface area contributed by atoms with Gasteiger partial charge in [0.05, 0.1) is 5.92 Å². The summed E-state index contributed by atoms with van der Waals surface area (Å²) in [7, 11) is 0. The van der Waals surface area contributed by atoms with E-state index in [-0.39, 0.29) is 17.7 Å². The molecule has 0 saturated carbocycles. The first-order valence-corrected chi connectivity index (χ1v) is 5.27. The van der Waals surface area contributed by atoms with Crippen LogP contribution in [0.3, 0.4) is 0 Å². The highest BCUT2D eigenvalue weighted by Crippen LogP contribution is 2.34. The van der Waals surface area contributed by atoms with E-state index in [1.54, 1.807) is 4.90 Å². The highest BCUT2D eigenvalue weighted by Gasteiger charge is 2.29. The van der Waals surface area contributed by atoms with Crippen molar-refractivity contribution in [3.05, 3.63) is 29.8 Å². The monoisotopic (exact) mass is 218 g/mol. The molecular weight excluding hydrogens is 204 g/mol. The van der Waals surface area contributed by atoms with Crippen molar-refractivity contribution in [2.45, 2.75) is 19.3 Å². The summed E-state index contributed by atoms with van der Waals surface area (Å²) in [6, 6.07) is 7.43. The largest absolute Gasteiger partial charge is 0.369 e. The number of fused-ring (bicyclic) bond motifs is 1. The Labute approximate surface area is 94.0 Å². The highest BCUT2D eigenvalue weighted by molar-refractivity contribution is 5.95. The van der Waals surface area contributed by atoms with Crippen molar-refractivity contribution < 1.29 is 9.59 Å². The first-order chi connectivity index (χ1) is 7.61. The van der Waals surface area contributed by atoms with Crippen LogP contribution in [0.2, 0.25) is 0 Å². The van der Waals surface area contributed by atoms with Gasteiger partial charge in [0.1, 0.15) is 0 Å². The maximum Gasteiger partial charge on any atom is 0.225 e. The smallest absolute Gasteiger partial charge is 0.225 e. The number of amides is 2. The predicted molar refractivity (Wildman–Crippen MR) is 61.0 cm³/mol. The Morgan fingerprint density at radius 2 is 2.06 bits per heavy atom. The Balaban J connectivity index is 2.48. The SMILES string of the molecule is CC(=O)N1CCC(C(N)=O)c2ccccc21. The number of hydrogen-bond donors (Lipinski definition) is 1. The molecule has 0 saturated heterocycles. The fraction of sp³-hybridized carbons (Fsp3) is 0.333. The van der Waals surface area contributed by atoms with Crippen molar-refractivity contribution >= 4 is 17.5 Å². The van der Waals surface area contributed by atoms with Crippen LogP contribution >= 0.6 is 0 Å². The Morgan fingerprint density at radius 1 is 1.38 bits per heavy atom. The zero-order valence-electron chi connectivity index (χ0n) is 9.14. The molecule has 16 heavy (non-hydrogen) atoms. The molecule has 0 aliphatic carbocycles. The number of hydrogen-bond acceptors (Lipinski definition) is 2. The van der Waals surface area contributed by atoms with E-state index in [9.17, 15) is 9.59 Å². The molecule has 1 atom stereocenters. The summed E-state index contributed by atoms with van der Waals surface area (Å²) in [6.45, 7) is 2.08. The topological polar surface area (TPSA) is 63.4 Å². The molecule has 1 aliphatic rings. The molecule has 0 spiro atoms. The molecule has 0 fully saturated rings. The number of nitrogens with zero attached hydrogens (tertiary/aromatic N) is 1. The number of anilines is 1. The lowest BCUT2D eigenvalue weighted by molar-refractivity contribution is -0.120. The van der Waals surface area contributed by atoms with E-state index < -0.39 is 0 Å². The van der Waals surface area contributed by atoms with E-state index in [0.717, 1.165) is 11.3 Å². The van der Waals surface area contributed by atoms with Crippen LogP contribution in [-0.4, -0.2) is 18.4 Å². The maximum absolute atomic E-state index is 11.4. The van der Waals surface area contributed by atoms with E-state index in [0.29, 0.717) is 13.0 Å². The molecule has 4 heteroatoms. The van der Waals surface area contributed by atoms with Crippen LogP contribution in [0.25, 0.3) is 0 Å². The summed E-state index contributed by atoms with van der Waals surface area (Å²) in [5.74, 6) is -0.599. The van der Waals surface area contributed by atoms with Gasteiger partial charge >= 0.3 is 0 Å². The summed E-state index contributed by atoms with van der Waals surface area (Å²) in [5.41, 5.74) is 7.03. The van der Waals surface area contributed by atoms with E-state index in [1.807, 2.05) is 24.3 Å². The summed E-state index contributed by atoms with van der Waals surface area (Å²) < 4.78 is 0. The molecule has 2 rings (SSSR count). The van der Waals surface area contributed by atoms with Gasteiger partial charge < -0.3 is 10.6 Å². The first-order valence-electron chi connectivity index (χ1n) is 5.27. The van der Waals surface area contributed by atoms with Crippen molar-refractivity contribution in [3.8, 4) is 0 Å². The minimum atomic E-state index is -0.323. The average Bonchev–Trinajstić information content (AvgIpc) is 2.27. The fourth-order valence-electron chi connectivity index (χ4n) is 2.18. The Kier molecular flexibility index (Phi) is 2.64. The van der Waals surface area contributed by atoms with Crippen molar-refractivity contribution in [3.63, 3.8) is 0 Å². The van der Waals surface area contributed by atoms with Crippen molar-refractivity contribution in [2.75, 3.05) is 11.4 Å². The quantitative estimate of drug-likeness (QED) is 0.764. The normalized spacial score (nSPS) is 19.1. The number of benzene rings is 1. The molecule has 1 unspecified atom stereocenters. The zero-order valence-corrected chi connectivity index (χ0v) is 9.14. The van der Waals surface area contributed by atoms with Crippen molar-refractivity contribution in [1.29, 1.82) is 0 Å². The number of primary amides is 1. The molecule has 1 aromatic rings. The molecule has 1 aliphatic heterocycles. The van der Waals surface area contributed by atoms with Gasteiger partial charge in [0.2, 0.25) is 11.8 Å². The average molecular weight is 218 g/mol. The molecule has 0 aromatic heterocycles. The number of carbonyl (C=O) groups excluding carboxylic acids is 2. The third kappa shape index (κ3) is 1.66. The van der Waals surface area contributed by atoms with Gasteiger partial charge in [-0.15, -0.1) is 0 Å². The van der Waals surface area contributed by atoms with Crippen molar-refractivity contribution in [2.24, 2.45) is 5.73 Å². The highest BCUT2D eigenvalue weighted by atomic mass is 16.2. The maximum atomic E-state index is 11.4.